The third-order valence-corrected chi connectivity index (χ3v) is 7.49. The molecule has 7 nitrogen and oxygen atoms in total. The van der Waals surface area contributed by atoms with E-state index in [1.807, 2.05) is 43.3 Å². The molecule has 34 heavy (non-hydrogen) atoms. The predicted molar refractivity (Wildman–Crippen MR) is 134 cm³/mol. The molecule has 2 N–H and O–H groups in total. The number of ether oxygens (including phenoxy) is 1. The average molecular weight is 476 g/mol. The zero-order valence-corrected chi connectivity index (χ0v) is 20.3. The van der Waals surface area contributed by atoms with Crippen LogP contribution >= 0.6 is 11.8 Å². The molecule has 0 bridgehead atoms. The van der Waals surface area contributed by atoms with E-state index in [9.17, 15) is 4.79 Å². The Morgan fingerprint density at radius 2 is 2.03 bits per heavy atom. The van der Waals surface area contributed by atoms with Crippen molar-refractivity contribution >= 4 is 28.6 Å². The maximum Gasteiger partial charge on any atom is 0.253 e. The van der Waals surface area contributed by atoms with E-state index in [2.05, 4.69) is 44.1 Å². The van der Waals surface area contributed by atoms with E-state index in [4.69, 9.17) is 4.74 Å². The zero-order valence-electron chi connectivity index (χ0n) is 19.5. The SMILES string of the molecule is Cc1[nH]c2c(C(=O)NCc3nnc(SCC4CCCO4)n3Cc3ccccc3)cccc2c1C. The van der Waals surface area contributed by atoms with Crippen LogP contribution in [0.5, 0.6) is 0 Å². The maximum absolute atomic E-state index is 13.1. The number of amides is 1. The number of benzene rings is 2. The van der Waals surface area contributed by atoms with Crippen molar-refractivity contribution in [3.63, 3.8) is 0 Å². The third kappa shape index (κ3) is 4.74. The number of aromatic nitrogens is 4. The van der Waals surface area contributed by atoms with Crippen LogP contribution in [0.25, 0.3) is 10.9 Å². The Balaban J connectivity index is 1.35. The molecular weight excluding hydrogens is 446 g/mol. The number of carbonyl (C=O) groups excluding carboxylic acids is 1. The summed E-state index contributed by atoms with van der Waals surface area (Å²) in [7, 11) is 0. The number of nitrogens with zero attached hydrogens (tertiary/aromatic N) is 3. The molecule has 2 aromatic heterocycles. The second kappa shape index (κ2) is 10.0. The third-order valence-electron chi connectivity index (χ3n) is 6.39. The molecule has 1 amide bonds. The molecule has 1 aliphatic rings. The van der Waals surface area contributed by atoms with E-state index in [0.717, 1.165) is 58.3 Å². The number of carbonyl (C=O) groups is 1. The van der Waals surface area contributed by atoms with Crippen LogP contribution in [-0.4, -0.2) is 44.1 Å². The minimum atomic E-state index is -0.130. The van der Waals surface area contributed by atoms with Crippen molar-refractivity contribution in [3.8, 4) is 0 Å². The standard InChI is InChI=1S/C26H29N5O2S/c1-17-18(2)28-24-21(17)11-6-12-22(24)25(32)27-14-23-29-30-26(34-16-20-10-7-13-33-20)31(23)15-19-8-4-3-5-9-19/h3-6,8-9,11-12,20,28H,7,10,13-16H2,1-2H3,(H,27,32). The van der Waals surface area contributed by atoms with Crippen LogP contribution in [0.1, 0.15) is 45.8 Å². The van der Waals surface area contributed by atoms with Gasteiger partial charge in [-0.3, -0.25) is 4.79 Å². The fourth-order valence-electron chi connectivity index (χ4n) is 4.35. The summed E-state index contributed by atoms with van der Waals surface area (Å²) < 4.78 is 7.87. The first kappa shape index (κ1) is 22.7. The molecule has 2 aromatic carbocycles. The van der Waals surface area contributed by atoms with E-state index < -0.39 is 0 Å². The topological polar surface area (TPSA) is 84.8 Å². The van der Waals surface area contributed by atoms with Gasteiger partial charge in [-0.15, -0.1) is 10.2 Å². The van der Waals surface area contributed by atoms with Crippen LogP contribution in [0.4, 0.5) is 0 Å². The van der Waals surface area contributed by atoms with Crippen molar-refractivity contribution in [1.29, 1.82) is 0 Å². The smallest absolute Gasteiger partial charge is 0.253 e. The van der Waals surface area contributed by atoms with Gasteiger partial charge in [0.2, 0.25) is 0 Å². The second-order valence-corrected chi connectivity index (χ2v) is 9.69. The van der Waals surface area contributed by atoms with Gasteiger partial charge in [0.05, 0.1) is 30.3 Å². The predicted octanol–water partition coefficient (Wildman–Crippen LogP) is 4.63. The summed E-state index contributed by atoms with van der Waals surface area (Å²) in [4.78, 5) is 16.5. The molecule has 1 aliphatic heterocycles. The van der Waals surface area contributed by atoms with Crippen molar-refractivity contribution in [2.75, 3.05) is 12.4 Å². The quantitative estimate of drug-likeness (QED) is 0.363. The Labute approximate surface area is 203 Å². The monoisotopic (exact) mass is 475 g/mol. The van der Waals surface area contributed by atoms with Gasteiger partial charge in [-0.25, -0.2) is 0 Å². The van der Waals surface area contributed by atoms with Gasteiger partial charge in [-0.2, -0.15) is 0 Å². The summed E-state index contributed by atoms with van der Waals surface area (Å²) in [6.45, 7) is 5.88. The van der Waals surface area contributed by atoms with Gasteiger partial charge in [-0.1, -0.05) is 54.2 Å². The molecule has 0 radical (unpaired) electrons. The first-order chi connectivity index (χ1) is 16.6. The molecule has 0 saturated carbocycles. The van der Waals surface area contributed by atoms with Gasteiger partial charge in [0.25, 0.3) is 5.91 Å². The number of nitrogens with one attached hydrogen (secondary N) is 2. The maximum atomic E-state index is 13.1. The minimum absolute atomic E-state index is 0.130. The van der Waals surface area contributed by atoms with Gasteiger partial charge in [-0.05, 0) is 43.9 Å². The second-order valence-electron chi connectivity index (χ2n) is 8.70. The Hall–Kier alpha value is -3.10. The number of aryl methyl sites for hydroxylation is 2. The van der Waals surface area contributed by atoms with Crippen LogP contribution in [0.3, 0.4) is 0 Å². The number of aromatic amines is 1. The van der Waals surface area contributed by atoms with Gasteiger partial charge < -0.3 is 19.6 Å². The Bertz CT molecular complexity index is 1290. The van der Waals surface area contributed by atoms with Crippen molar-refractivity contribution in [2.24, 2.45) is 0 Å². The lowest BCUT2D eigenvalue weighted by Gasteiger charge is -2.13. The van der Waals surface area contributed by atoms with E-state index in [1.54, 1.807) is 11.8 Å². The fraction of sp³-hybridized carbons (Fsp3) is 0.346. The Morgan fingerprint density at radius 1 is 1.18 bits per heavy atom. The largest absolute Gasteiger partial charge is 0.377 e. The summed E-state index contributed by atoms with van der Waals surface area (Å²) in [5.41, 5.74) is 4.91. The van der Waals surface area contributed by atoms with Gasteiger partial charge in [0.15, 0.2) is 11.0 Å². The first-order valence-corrected chi connectivity index (χ1v) is 12.6. The minimum Gasteiger partial charge on any atom is -0.377 e. The molecule has 1 unspecified atom stereocenters. The number of rotatable bonds is 8. The summed E-state index contributed by atoms with van der Waals surface area (Å²) >= 11 is 1.67. The molecule has 8 heteroatoms. The van der Waals surface area contributed by atoms with Gasteiger partial charge in [0.1, 0.15) is 0 Å². The van der Waals surface area contributed by atoms with Crippen LogP contribution < -0.4 is 5.32 Å². The number of H-pyrrole nitrogens is 1. The highest BCUT2D eigenvalue weighted by Crippen LogP contribution is 2.25. The van der Waals surface area contributed by atoms with Crippen molar-refractivity contribution in [3.05, 3.63) is 76.7 Å². The average Bonchev–Trinajstić information content (AvgIpc) is 3.57. The number of para-hydroxylation sites is 1. The Morgan fingerprint density at radius 3 is 2.82 bits per heavy atom. The zero-order chi connectivity index (χ0) is 23.5. The summed E-state index contributed by atoms with van der Waals surface area (Å²) in [5, 5.41) is 13.9. The fourth-order valence-corrected chi connectivity index (χ4v) is 5.37. The molecule has 4 aromatic rings. The Kier molecular flexibility index (Phi) is 6.69. The lowest BCUT2D eigenvalue weighted by atomic mass is 10.1. The number of thioether (sulfide) groups is 1. The molecule has 0 aliphatic carbocycles. The van der Waals surface area contributed by atoms with Crippen LogP contribution in [-0.2, 0) is 17.8 Å². The van der Waals surface area contributed by atoms with Gasteiger partial charge >= 0.3 is 0 Å². The van der Waals surface area contributed by atoms with Gasteiger partial charge in [0, 0.05) is 23.4 Å². The number of fused-ring (bicyclic) bond motifs is 1. The molecule has 3 heterocycles. The lowest BCUT2D eigenvalue weighted by molar-refractivity contribution is 0.0951. The highest BCUT2D eigenvalue weighted by Gasteiger charge is 2.20. The van der Waals surface area contributed by atoms with Crippen LogP contribution in [0, 0.1) is 13.8 Å². The molecule has 1 atom stereocenters. The number of hydrogen-bond acceptors (Lipinski definition) is 5. The van der Waals surface area contributed by atoms with Crippen LogP contribution in [0.2, 0.25) is 0 Å². The van der Waals surface area contributed by atoms with E-state index in [1.165, 1.54) is 5.56 Å². The van der Waals surface area contributed by atoms with E-state index >= 15 is 0 Å². The molecule has 1 saturated heterocycles. The van der Waals surface area contributed by atoms with E-state index in [-0.39, 0.29) is 12.0 Å². The molecule has 0 spiro atoms. The highest BCUT2D eigenvalue weighted by atomic mass is 32.2. The molecule has 1 fully saturated rings. The summed E-state index contributed by atoms with van der Waals surface area (Å²) in [6.07, 6.45) is 2.47. The van der Waals surface area contributed by atoms with Crippen LogP contribution in [0.15, 0.2) is 53.7 Å². The first-order valence-electron chi connectivity index (χ1n) is 11.7. The summed E-state index contributed by atoms with van der Waals surface area (Å²) in [5.74, 6) is 1.46. The molecule has 176 valence electrons. The van der Waals surface area contributed by atoms with Crippen molar-refractivity contribution in [1.82, 2.24) is 25.1 Å². The molecular formula is C26H29N5O2S. The number of hydrogen-bond donors (Lipinski definition) is 2. The highest BCUT2D eigenvalue weighted by molar-refractivity contribution is 7.99. The van der Waals surface area contributed by atoms with Crippen molar-refractivity contribution < 1.29 is 9.53 Å². The normalized spacial score (nSPS) is 15.8. The lowest BCUT2D eigenvalue weighted by Crippen LogP contribution is -2.25. The van der Waals surface area contributed by atoms with E-state index in [0.29, 0.717) is 18.7 Å². The molecule has 5 rings (SSSR count). The summed E-state index contributed by atoms with van der Waals surface area (Å²) in [6, 6.07) is 16.1. The van der Waals surface area contributed by atoms with Crippen molar-refractivity contribution in [2.45, 2.75) is 51.0 Å².